The van der Waals surface area contributed by atoms with Crippen molar-refractivity contribution in [2.75, 3.05) is 27.2 Å². The lowest BCUT2D eigenvalue weighted by molar-refractivity contribution is 0.133. The van der Waals surface area contributed by atoms with Crippen LogP contribution in [0, 0.1) is 6.92 Å². The molecule has 0 saturated carbocycles. The Hall–Kier alpha value is -1.74. The Labute approximate surface area is 154 Å². The van der Waals surface area contributed by atoms with Crippen molar-refractivity contribution in [3.05, 3.63) is 47.3 Å². The van der Waals surface area contributed by atoms with Crippen LogP contribution in [0.1, 0.15) is 29.5 Å². The summed E-state index contributed by atoms with van der Waals surface area (Å²) in [6.45, 7) is 3.76. The van der Waals surface area contributed by atoms with E-state index in [9.17, 15) is 13.5 Å². The number of rotatable bonds is 5. The van der Waals surface area contributed by atoms with E-state index in [-0.39, 0.29) is 6.54 Å². The summed E-state index contributed by atoms with van der Waals surface area (Å²) in [6, 6.07) is 8.74. The minimum atomic E-state index is -3.55. The number of nitrogens with zero attached hydrogens (tertiary/aromatic N) is 4. The number of hydrogen-bond acceptors (Lipinski definition) is 5. The number of likely N-dealkylation sites (N-methyl/N-ethyl adjacent to an activating group) is 1. The van der Waals surface area contributed by atoms with Crippen LogP contribution in [-0.4, -0.2) is 59.7 Å². The second-order valence-corrected chi connectivity index (χ2v) is 9.00. The van der Waals surface area contributed by atoms with Gasteiger partial charge >= 0.3 is 0 Å². The minimum absolute atomic E-state index is 0.262. The number of aliphatic hydroxyl groups excluding tert-OH is 1. The summed E-state index contributed by atoms with van der Waals surface area (Å²) < 4.78 is 29.3. The maximum absolute atomic E-state index is 13.0. The summed E-state index contributed by atoms with van der Waals surface area (Å²) in [4.78, 5) is 2.20. The monoisotopic (exact) mass is 378 g/mol. The van der Waals surface area contributed by atoms with Crippen molar-refractivity contribution in [2.24, 2.45) is 0 Å². The molecule has 1 aliphatic heterocycles. The highest BCUT2D eigenvalue weighted by molar-refractivity contribution is 7.89. The van der Waals surface area contributed by atoms with Gasteiger partial charge in [0.15, 0.2) is 0 Å². The molecule has 26 heavy (non-hydrogen) atoms. The van der Waals surface area contributed by atoms with Crippen LogP contribution in [0.2, 0.25) is 0 Å². The van der Waals surface area contributed by atoms with Gasteiger partial charge in [-0.3, -0.25) is 4.68 Å². The van der Waals surface area contributed by atoms with E-state index in [2.05, 4.69) is 5.10 Å². The van der Waals surface area contributed by atoms with E-state index in [1.165, 1.54) is 4.31 Å². The molecule has 1 N–H and O–H groups in total. The van der Waals surface area contributed by atoms with Crippen molar-refractivity contribution in [3.8, 4) is 0 Å². The number of aliphatic hydroxyl groups is 1. The number of benzene rings is 1. The Morgan fingerprint density at radius 3 is 2.58 bits per heavy atom. The lowest BCUT2D eigenvalue weighted by Gasteiger charge is -2.19. The summed E-state index contributed by atoms with van der Waals surface area (Å²) in [7, 11) is 0.225. The fourth-order valence-corrected chi connectivity index (χ4v) is 4.57. The molecule has 1 atom stereocenters. The van der Waals surface area contributed by atoms with Gasteiger partial charge < -0.3 is 10.0 Å². The maximum Gasteiger partial charge on any atom is 0.243 e. The van der Waals surface area contributed by atoms with Crippen LogP contribution in [-0.2, 0) is 23.1 Å². The third-order valence-corrected chi connectivity index (χ3v) is 6.40. The molecule has 0 radical (unpaired) electrons. The zero-order chi connectivity index (χ0) is 18.9. The third-order valence-electron chi connectivity index (χ3n) is 4.54. The molecule has 7 nitrogen and oxygen atoms in total. The predicted octanol–water partition coefficient (Wildman–Crippen LogP) is 1.38. The summed E-state index contributed by atoms with van der Waals surface area (Å²) in [5.74, 6) is 0. The first-order chi connectivity index (χ1) is 12.3. The zero-order valence-corrected chi connectivity index (χ0v) is 16.3. The molecule has 1 aromatic carbocycles. The molecule has 2 heterocycles. The van der Waals surface area contributed by atoms with Gasteiger partial charge in [-0.25, -0.2) is 8.42 Å². The lowest BCUT2D eigenvalue weighted by atomic mass is 10.2. The SMILES string of the molecule is Cc1ccc(S(=O)(=O)N2CCCn3nc(C(O)CN(C)C)cc3C2)cc1. The van der Waals surface area contributed by atoms with Gasteiger partial charge in [0.2, 0.25) is 10.0 Å². The second-order valence-electron chi connectivity index (χ2n) is 7.07. The molecule has 0 saturated heterocycles. The fourth-order valence-electron chi connectivity index (χ4n) is 3.12. The standard InChI is InChI=1S/C18H26N4O3S/c1-14-5-7-16(8-6-14)26(24,25)21-9-4-10-22-15(12-21)11-17(19-22)18(23)13-20(2)3/h5-8,11,18,23H,4,9-10,12-13H2,1-3H3. The Balaban J connectivity index is 1.85. The van der Waals surface area contributed by atoms with E-state index in [4.69, 9.17) is 0 Å². The highest BCUT2D eigenvalue weighted by atomic mass is 32.2. The molecule has 2 aromatic rings. The van der Waals surface area contributed by atoms with Crippen LogP contribution < -0.4 is 0 Å². The zero-order valence-electron chi connectivity index (χ0n) is 15.5. The van der Waals surface area contributed by atoms with Crippen LogP contribution in [0.3, 0.4) is 0 Å². The van der Waals surface area contributed by atoms with Gasteiger partial charge in [-0.1, -0.05) is 17.7 Å². The van der Waals surface area contributed by atoms with Crippen LogP contribution in [0.15, 0.2) is 35.2 Å². The van der Waals surface area contributed by atoms with Crippen molar-refractivity contribution < 1.29 is 13.5 Å². The third kappa shape index (κ3) is 3.98. The number of fused-ring (bicyclic) bond motifs is 1. The van der Waals surface area contributed by atoms with Crippen LogP contribution in [0.5, 0.6) is 0 Å². The Kier molecular flexibility index (Phi) is 5.47. The van der Waals surface area contributed by atoms with Gasteiger partial charge in [0.25, 0.3) is 0 Å². The molecule has 1 aromatic heterocycles. The molecule has 0 spiro atoms. The minimum Gasteiger partial charge on any atom is -0.385 e. The molecule has 8 heteroatoms. The molecule has 0 amide bonds. The van der Waals surface area contributed by atoms with Gasteiger partial charge in [0.1, 0.15) is 6.10 Å². The number of hydrogen-bond donors (Lipinski definition) is 1. The quantitative estimate of drug-likeness (QED) is 0.850. The number of sulfonamides is 1. The van der Waals surface area contributed by atoms with Gasteiger partial charge in [-0.2, -0.15) is 9.40 Å². The van der Waals surface area contributed by atoms with E-state index >= 15 is 0 Å². The van der Waals surface area contributed by atoms with Crippen LogP contribution >= 0.6 is 0 Å². The Morgan fingerprint density at radius 1 is 1.23 bits per heavy atom. The van der Waals surface area contributed by atoms with E-state index in [0.29, 0.717) is 36.6 Å². The van der Waals surface area contributed by atoms with Crippen LogP contribution in [0.25, 0.3) is 0 Å². The van der Waals surface area contributed by atoms with Gasteiger partial charge in [-0.05, 0) is 45.6 Å². The molecule has 0 bridgehead atoms. The Morgan fingerprint density at radius 2 is 1.92 bits per heavy atom. The topological polar surface area (TPSA) is 78.7 Å². The van der Waals surface area contributed by atoms with Crippen molar-refractivity contribution in [2.45, 2.75) is 37.4 Å². The molecule has 1 aliphatic rings. The average molecular weight is 378 g/mol. The van der Waals surface area contributed by atoms with Gasteiger partial charge in [0, 0.05) is 19.6 Å². The number of aromatic nitrogens is 2. The van der Waals surface area contributed by atoms with Crippen molar-refractivity contribution in [1.82, 2.24) is 19.0 Å². The van der Waals surface area contributed by atoms with Crippen molar-refractivity contribution >= 4 is 10.0 Å². The molecule has 0 fully saturated rings. The molecule has 1 unspecified atom stereocenters. The van der Waals surface area contributed by atoms with E-state index in [0.717, 1.165) is 11.3 Å². The fraction of sp³-hybridized carbons (Fsp3) is 0.500. The smallest absolute Gasteiger partial charge is 0.243 e. The first kappa shape index (κ1) is 19.0. The van der Waals surface area contributed by atoms with Crippen LogP contribution in [0.4, 0.5) is 0 Å². The normalized spacial score (nSPS) is 17.1. The first-order valence-electron chi connectivity index (χ1n) is 8.73. The highest BCUT2D eigenvalue weighted by Gasteiger charge is 2.28. The first-order valence-corrected chi connectivity index (χ1v) is 10.2. The highest BCUT2D eigenvalue weighted by Crippen LogP contribution is 2.24. The maximum atomic E-state index is 13.0. The van der Waals surface area contributed by atoms with Crippen molar-refractivity contribution in [1.29, 1.82) is 0 Å². The molecule has 0 aliphatic carbocycles. The summed E-state index contributed by atoms with van der Waals surface area (Å²) in [5.41, 5.74) is 2.42. The van der Waals surface area contributed by atoms with E-state index in [1.807, 2.05) is 48.8 Å². The van der Waals surface area contributed by atoms with Crippen molar-refractivity contribution in [3.63, 3.8) is 0 Å². The summed E-state index contributed by atoms with van der Waals surface area (Å²) in [5, 5.41) is 14.8. The summed E-state index contributed by atoms with van der Waals surface area (Å²) >= 11 is 0. The summed E-state index contributed by atoms with van der Waals surface area (Å²) in [6.07, 6.45) is -0.00483. The lowest BCUT2D eigenvalue weighted by Crippen LogP contribution is -2.30. The molecule has 3 rings (SSSR count). The second kappa shape index (κ2) is 7.48. The predicted molar refractivity (Wildman–Crippen MR) is 99.1 cm³/mol. The molecular weight excluding hydrogens is 352 g/mol. The largest absolute Gasteiger partial charge is 0.385 e. The van der Waals surface area contributed by atoms with Gasteiger partial charge in [0.05, 0.1) is 22.8 Å². The molecular formula is C18H26N4O3S. The molecule has 142 valence electrons. The van der Waals surface area contributed by atoms with E-state index in [1.54, 1.807) is 12.1 Å². The number of aryl methyl sites for hydroxylation is 2. The average Bonchev–Trinajstić information content (AvgIpc) is 2.86. The van der Waals surface area contributed by atoms with E-state index < -0.39 is 16.1 Å². The Bertz CT molecular complexity index is 859. The van der Waals surface area contributed by atoms with Gasteiger partial charge in [-0.15, -0.1) is 0 Å².